The van der Waals surface area contributed by atoms with Gasteiger partial charge in [-0.2, -0.15) is 0 Å². The molecular weight excluding hydrogens is 343 g/mol. The lowest BCUT2D eigenvalue weighted by Crippen LogP contribution is -2.14. The Balaban J connectivity index is 2.30. The summed E-state index contributed by atoms with van der Waals surface area (Å²) in [5, 5.41) is 19.7. The van der Waals surface area contributed by atoms with E-state index < -0.39 is 11.4 Å². The molecule has 0 bridgehead atoms. The fourth-order valence-corrected chi connectivity index (χ4v) is 3.18. The molecule has 0 aliphatic heterocycles. The van der Waals surface area contributed by atoms with Gasteiger partial charge >= 0.3 is 5.30 Å². The predicted octanol–water partition coefficient (Wildman–Crippen LogP) is 5.22. The van der Waals surface area contributed by atoms with Crippen molar-refractivity contribution in [1.82, 2.24) is 0 Å². The van der Waals surface area contributed by atoms with Crippen molar-refractivity contribution in [3.8, 4) is 0 Å². The Morgan fingerprint density at radius 1 is 1.05 bits per heavy atom. The first-order valence-electron chi connectivity index (χ1n) is 6.52. The number of hydrogen-bond acceptors (Lipinski definition) is 3. The van der Waals surface area contributed by atoms with Crippen LogP contribution in [0, 0.1) is 0 Å². The van der Waals surface area contributed by atoms with Crippen LogP contribution < -0.4 is 0 Å². The highest BCUT2D eigenvalue weighted by Crippen LogP contribution is 2.35. The standard InChI is InChI=1S/C16H14Cl2O3S/c17-12-6-4-10(5-7-12)15(19)14(9-22-16(20)21)11-2-1-3-13(18)8-11/h1-8,14-15,19H,9H2,(H,20,21)/t14-,15+/m0/s1. The van der Waals surface area contributed by atoms with Gasteiger partial charge in [0.25, 0.3) is 0 Å². The van der Waals surface area contributed by atoms with E-state index in [-0.39, 0.29) is 11.7 Å². The summed E-state index contributed by atoms with van der Waals surface area (Å²) in [5.74, 6) is -0.152. The Morgan fingerprint density at radius 3 is 2.32 bits per heavy atom. The minimum atomic E-state index is -0.977. The summed E-state index contributed by atoms with van der Waals surface area (Å²) in [6, 6.07) is 13.9. The largest absolute Gasteiger partial charge is 0.473 e. The molecule has 0 saturated heterocycles. The molecule has 116 valence electrons. The summed E-state index contributed by atoms with van der Waals surface area (Å²) in [5.41, 5.74) is 1.48. The van der Waals surface area contributed by atoms with Crippen LogP contribution in [0.15, 0.2) is 48.5 Å². The van der Waals surface area contributed by atoms with Crippen molar-refractivity contribution < 1.29 is 15.0 Å². The van der Waals surface area contributed by atoms with Crippen LogP contribution in [0.5, 0.6) is 0 Å². The van der Waals surface area contributed by atoms with Gasteiger partial charge in [-0.1, -0.05) is 47.5 Å². The summed E-state index contributed by atoms with van der Waals surface area (Å²) in [6.07, 6.45) is -0.845. The van der Waals surface area contributed by atoms with Crippen LogP contribution in [-0.2, 0) is 0 Å². The van der Waals surface area contributed by atoms with E-state index >= 15 is 0 Å². The van der Waals surface area contributed by atoms with Gasteiger partial charge < -0.3 is 10.2 Å². The van der Waals surface area contributed by atoms with Gasteiger partial charge in [-0.25, -0.2) is 4.79 Å². The fourth-order valence-electron chi connectivity index (χ4n) is 2.16. The quantitative estimate of drug-likeness (QED) is 0.770. The number of carbonyl (C=O) groups is 1. The van der Waals surface area contributed by atoms with E-state index in [2.05, 4.69) is 0 Å². The SMILES string of the molecule is O=C(O)SC[C@@H](c1cccc(Cl)c1)[C@H](O)c1ccc(Cl)cc1. The molecule has 0 unspecified atom stereocenters. The number of thioether (sulfide) groups is 1. The lowest BCUT2D eigenvalue weighted by Gasteiger charge is -2.23. The van der Waals surface area contributed by atoms with Crippen molar-refractivity contribution in [2.24, 2.45) is 0 Å². The van der Waals surface area contributed by atoms with Crippen molar-refractivity contribution in [3.63, 3.8) is 0 Å². The molecule has 0 fully saturated rings. The molecule has 22 heavy (non-hydrogen) atoms. The molecule has 6 heteroatoms. The van der Waals surface area contributed by atoms with Gasteiger partial charge in [0, 0.05) is 21.7 Å². The topological polar surface area (TPSA) is 57.5 Å². The molecule has 0 aliphatic rings. The smallest absolute Gasteiger partial charge is 0.364 e. The van der Waals surface area contributed by atoms with Crippen molar-refractivity contribution in [1.29, 1.82) is 0 Å². The molecule has 2 rings (SSSR count). The molecular formula is C16H14Cl2O3S. The van der Waals surface area contributed by atoms with Gasteiger partial charge in [-0.15, -0.1) is 0 Å². The third kappa shape index (κ3) is 4.65. The summed E-state index contributed by atoms with van der Waals surface area (Å²) < 4.78 is 0. The van der Waals surface area contributed by atoms with Gasteiger partial charge in [0.05, 0.1) is 6.10 Å². The highest BCUT2D eigenvalue weighted by atomic mass is 35.5. The molecule has 0 aliphatic carbocycles. The Morgan fingerprint density at radius 2 is 1.73 bits per heavy atom. The second-order valence-electron chi connectivity index (χ2n) is 4.73. The minimum Gasteiger partial charge on any atom is -0.473 e. The van der Waals surface area contributed by atoms with Crippen LogP contribution in [-0.4, -0.2) is 21.3 Å². The average molecular weight is 357 g/mol. The van der Waals surface area contributed by atoms with Crippen molar-refractivity contribution >= 4 is 40.3 Å². The molecule has 0 amide bonds. The van der Waals surface area contributed by atoms with Gasteiger partial charge in [0.1, 0.15) is 0 Å². The third-order valence-electron chi connectivity index (χ3n) is 3.26. The number of halogens is 2. The zero-order chi connectivity index (χ0) is 16.1. The normalized spacial score (nSPS) is 13.6. The number of rotatable bonds is 5. The zero-order valence-electron chi connectivity index (χ0n) is 11.4. The van der Waals surface area contributed by atoms with E-state index in [0.29, 0.717) is 15.6 Å². The number of aliphatic hydroxyl groups is 1. The Bertz CT molecular complexity index is 646. The first-order valence-corrected chi connectivity index (χ1v) is 8.26. The Kier molecular flexibility index (Phi) is 6.15. The molecule has 2 atom stereocenters. The summed E-state index contributed by atoms with van der Waals surface area (Å²) >= 11 is 12.6. The molecule has 2 aromatic carbocycles. The molecule has 0 aromatic heterocycles. The highest BCUT2D eigenvalue weighted by molar-refractivity contribution is 8.13. The highest BCUT2D eigenvalue weighted by Gasteiger charge is 2.24. The maximum absolute atomic E-state index is 10.8. The van der Waals surface area contributed by atoms with Crippen LogP contribution in [0.3, 0.4) is 0 Å². The van der Waals surface area contributed by atoms with Crippen molar-refractivity contribution in [2.45, 2.75) is 12.0 Å². The van der Waals surface area contributed by atoms with Gasteiger partial charge in [0.2, 0.25) is 0 Å². The van der Waals surface area contributed by atoms with E-state index in [0.717, 1.165) is 17.3 Å². The van der Waals surface area contributed by atoms with E-state index in [1.165, 1.54) is 0 Å². The summed E-state index contributed by atoms with van der Waals surface area (Å²) in [6.45, 7) is 0. The van der Waals surface area contributed by atoms with E-state index in [4.69, 9.17) is 28.3 Å². The molecule has 0 radical (unpaired) electrons. The molecule has 2 N–H and O–H groups in total. The maximum atomic E-state index is 10.8. The summed E-state index contributed by atoms with van der Waals surface area (Å²) in [4.78, 5) is 10.8. The van der Waals surface area contributed by atoms with Gasteiger partial charge in [-0.3, -0.25) is 0 Å². The summed E-state index contributed by atoms with van der Waals surface area (Å²) in [7, 11) is 0. The number of carboxylic acid groups (broad SMARTS) is 1. The third-order valence-corrected chi connectivity index (χ3v) is 4.52. The second-order valence-corrected chi connectivity index (χ2v) is 6.58. The van der Waals surface area contributed by atoms with E-state index in [1.54, 1.807) is 42.5 Å². The maximum Gasteiger partial charge on any atom is 0.364 e. The zero-order valence-corrected chi connectivity index (χ0v) is 13.8. The Labute approximate surface area is 142 Å². The van der Waals surface area contributed by atoms with E-state index in [1.807, 2.05) is 6.07 Å². The molecule has 3 nitrogen and oxygen atoms in total. The van der Waals surface area contributed by atoms with Gasteiger partial charge in [0.15, 0.2) is 0 Å². The number of aliphatic hydroxyl groups excluding tert-OH is 1. The minimum absolute atomic E-state index is 0.236. The fraction of sp³-hybridized carbons (Fsp3) is 0.188. The lowest BCUT2D eigenvalue weighted by atomic mass is 9.91. The monoisotopic (exact) mass is 356 g/mol. The van der Waals surface area contributed by atoms with E-state index in [9.17, 15) is 9.90 Å². The first kappa shape index (κ1) is 17.2. The Hall–Kier alpha value is -1.20. The second kappa shape index (κ2) is 7.88. The predicted molar refractivity (Wildman–Crippen MR) is 91.1 cm³/mol. The number of benzene rings is 2. The lowest BCUT2D eigenvalue weighted by molar-refractivity contribution is 0.153. The van der Waals surface area contributed by atoms with Crippen molar-refractivity contribution in [3.05, 3.63) is 69.7 Å². The average Bonchev–Trinajstić information content (AvgIpc) is 2.48. The molecule has 0 heterocycles. The van der Waals surface area contributed by atoms with Crippen LogP contribution >= 0.6 is 35.0 Å². The van der Waals surface area contributed by atoms with Crippen LogP contribution in [0.25, 0.3) is 0 Å². The first-order chi connectivity index (χ1) is 10.5. The van der Waals surface area contributed by atoms with Crippen LogP contribution in [0.1, 0.15) is 23.1 Å². The number of hydrogen-bond donors (Lipinski definition) is 2. The molecule has 0 saturated carbocycles. The van der Waals surface area contributed by atoms with Crippen LogP contribution in [0.4, 0.5) is 4.79 Å². The van der Waals surface area contributed by atoms with Crippen LogP contribution in [0.2, 0.25) is 10.0 Å². The van der Waals surface area contributed by atoms with Crippen molar-refractivity contribution in [2.75, 3.05) is 5.75 Å². The molecule has 2 aromatic rings. The van der Waals surface area contributed by atoms with Gasteiger partial charge in [-0.05, 0) is 47.2 Å². The molecule has 0 spiro atoms.